The molecule has 1 heterocycles. The fourth-order valence-corrected chi connectivity index (χ4v) is 2.56. The van der Waals surface area contributed by atoms with E-state index in [2.05, 4.69) is 10.2 Å². The minimum Gasteiger partial charge on any atom is -0.452 e. The molecule has 1 aliphatic heterocycles. The first-order valence-corrected chi connectivity index (χ1v) is 8.17. The number of anilines is 2. The summed E-state index contributed by atoms with van der Waals surface area (Å²) >= 11 is 0. The first kappa shape index (κ1) is 17.0. The fourth-order valence-electron chi connectivity index (χ4n) is 2.56. The van der Waals surface area contributed by atoms with E-state index in [4.69, 9.17) is 9.47 Å². The van der Waals surface area contributed by atoms with Crippen molar-refractivity contribution >= 4 is 23.3 Å². The van der Waals surface area contributed by atoms with Gasteiger partial charge in [-0.3, -0.25) is 4.79 Å². The summed E-state index contributed by atoms with van der Waals surface area (Å²) in [6, 6.07) is 16.2. The van der Waals surface area contributed by atoms with Gasteiger partial charge in [0.2, 0.25) is 0 Å². The summed E-state index contributed by atoms with van der Waals surface area (Å²) in [5.74, 6) is -0.887. The average Bonchev–Trinajstić information content (AvgIpc) is 2.68. The number of nitrogens with zero attached hydrogens (tertiary/aromatic N) is 1. The van der Waals surface area contributed by atoms with Gasteiger partial charge in [-0.05, 0) is 36.4 Å². The standard InChI is InChI=1S/C19H20N2O4/c22-18(14-25-19(23)15-4-2-1-3-5-15)20-16-6-8-17(9-7-16)21-10-12-24-13-11-21/h1-9H,10-14H2,(H,20,22). The SMILES string of the molecule is O=C(COC(=O)c1ccccc1)Nc1ccc(N2CCOCC2)cc1. The van der Waals surface area contributed by atoms with Crippen LogP contribution in [0.2, 0.25) is 0 Å². The van der Waals surface area contributed by atoms with E-state index in [1.807, 2.05) is 30.3 Å². The Balaban J connectivity index is 1.48. The van der Waals surface area contributed by atoms with Crippen LogP contribution in [0.5, 0.6) is 0 Å². The highest BCUT2D eigenvalue weighted by atomic mass is 16.5. The van der Waals surface area contributed by atoms with E-state index >= 15 is 0 Å². The van der Waals surface area contributed by atoms with Gasteiger partial charge in [-0.2, -0.15) is 0 Å². The van der Waals surface area contributed by atoms with Crippen molar-refractivity contribution < 1.29 is 19.1 Å². The summed E-state index contributed by atoms with van der Waals surface area (Å²) in [6.45, 7) is 2.86. The largest absolute Gasteiger partial charge is 0.452 e. The number of ether oxygens (including phenoxy) is 2. The maximum atomic E-state index is 11.9. The molecule has 1 amide bonds. The zero-order valence-corrected chi connectivity index (χ0v) is 13.8. The van der Waals surface area contributed by atoms with Gasteiger partial charge in [0.1, 0.15) is 0 Å². The molecule has 0 spiro atoms. The third-order valence-electron chi connectivity index (χ3n) is 3.87. The van der Waals surface area contributed by atoms with Crippen LogP contribution in [0.3, 0.4) is 0 Å². The second-order valence-corrected chi connectivity index (χ2v) is 5.64. The highest BCUT2D eigenvalue weighted by molar-refractivity contribution is 5.95. The van der Waals surface area contributed by atoms with Gasteiger partial charge < -0.3 is 19.7 Å². The Morgan fingerprint density at radius 1 is 1.00 bits per heavy atom. The lowest BCUT2D eigenvalue weighted by Gasteiger charge is -2.28. The van der Waals surface area contributed by atoms with Gasteiger partial charge in [0, 0.05) is 24.5 Å². The summed E-state index contributed by atoms with van der Waals surface area (Å²) < 4.78 is 10.3. The summed E-state index contributed by atoms with van der Waals surface area (Å²) in [7, 11) is 0. The van der Waals surface area contributed by atoms with Crippen molar-refractivity contribution in [2.24, 2.45) is 0 Å². The number of hydrogen-bond donors (Lipinski definition) is 1. The van der Waals surface area contributed by atoms with Gasteiger partial charge in [0.15, 0.2) is 6.61 Å². The zero-order chi connectivity index (χ0) is 17.5. The molecule has 0 saturated carbocycles. The maximum Gasteiger partial charge on any atom is 0.338 e. The maximum absolute atomic E-state index is 11.9. The van der Waals surface area contributed by atoms with Crippen molar-refractivity contribution in [3.63, 3.8) is 0 Å². The molecule has 6 heteroatoms. The van der Waals surface area contributed by atoms with E-state index in [0.717, 1.165) is 32.0 Å². The highest BCUT2D eigenvalue weighted by Crippen LogP contribution is 2.19. The van der Waals surface area contributed by atoms with E-state index in [0.29, 0.717) is 11.3 Å². The van der Waals surface area contributed by atoms with Gasteiger partial charge in [0.05, 0.1) is 18.8 Å². The molecule has 3 rings (SSSR count). The number of esters is 1. The molecular formula is C19H20N2O4. The number of benzene rings is 2. The highest BCUT2D eigenvalue weighted by Gasteiger charge is 2.12. The van der Waals surface area contributed by atoms with Crippen LogP contribution in [0.4, 0.5) is 11.4 Å². The third-order valence-corrected chi connectivity index (χ3v) is 3.87. The minimum atomic E-state index is -0.515. The molecule has 1 saturated heterocycles. The lowest BCUT2D eigenvalue weighted by atomic mass is 10.2. The molecule has 0 unspecified atom stereocenters. The fraction of sp³-hybridized carbons (Fsp3) is 0.263. The Labute approximate surface area is 146 Å². The number of morpholine rings is 1. The second-order valence-electron chi connectivity index (χ2n) is 5.64. The Morgan fingerprint density at radius 3 is 2.36 bits per heavy atom. The first-order valence-electron chi connectivity index (χ1n) is 8.17. The van der Waals surface area contributed by atoms with Crippen LogP contribution in [-0.4, -0.2) is 44.8 Å². The molecule has 0 radical (unpaired) electrons. The predicted molar refractivity (Wildman–Crippen MR) is 94.8 cm³/mol. The summed E-state index contributed by atoms with van der Waals surface area (Å²) in [6.07, 6.45) is 0. The molecule has 6 nitrogen and oxygen atoms in total. The molecule has 2 aromatic rings. The quantitative estimate of drug-likeness (QED) is 0.846. The van der Waals surface area contributed by atoms with Crippen molar-refractivity contribution in [2.45, 2.75) is 0 Å². The van der Waals surface area contributed by atoms with Crippen LogP contribution in [0.25, 0.3) is 0 Å². The monoisotopic (exact) mass is 340 g/mol. The van der Waals surface area contributed by atoms with Gasteiger partial charge >= 0.3 is 5.97 Å². The van der Waals surface area contributed by atoms with Gasteiger partial charge in [-0.15, -0.1) is 0 Å². The Kier molecular flexibility index (Phi) is 5.64. The number of carbonyl (C=O) groups excluding carboxylic acids is 2. The smallest absolute Gasteiger partial charge is 0.338 e. The number of rotatable bonds is 5. The van der Waals surface area contributed by atoms with Crippen molar-refractivity contribution in [2.75, 3.05) is 43.1 Å². The van der Waals surface area contributed by atoms with E-state index < -0.39 is 5.97 Å². The molecule has 1 fully saturated rings. The molecule has 130 valence electrons. The van der Waals surface area contributed by atoms with E-state index in [1.54, 1.807) is 24.3 Å². The van der Waals surface area contributed by atoms with Gasteiger partial charge in [-0.1, -0.05) is 18.2 Å². The molecule has 0 atom stereocenters. The lowest BCUT2D eigenvalue weighted by Crippen LogP contribution is -2.36. The number of nitrogens with one attached hydrogen (secondary N) is 1. The normalized spacial score (nSPS) is 14.0. The van der Waals surface area contributed by atoms with Crippen molar-refractivity contribution in [1.29, 1.82) is 0 Å². The lowest BCUT2D eigenvalue weighted by molar-refractivity contribution is -0.119. The molecule has 0 aromatic heterocycles. The minimum absolute atomic E-state index is 0.320. The number of carbonyl (C=O) groups is 2. The van der Waals surface area contributed by atoms with Crippen molar-refractivity contribution in [1.82, 2.24) is 0 Å². The molecule has 0 aliphatic carbocycles. The Bertz CT molecular complexity index is 710. The first-order chi connectivity index (χ1) is 12.2. The zero-order valence-electron chi connectivity index (χ0n) is 13.8. The summed E-state index contributed by atoms with van der Waals surface area (Å²) in [5, 5.41) is 2.72. The molecule has 1 aliphatic rings. The van der Waals surface area contributed by atoms with E-state index in [9.17, 15) is 9.59 Å². The van der Waals surface area contributed by atoms with Crippen molar-refractivity contribution in [3.8, 4) is 0 Å². The van der Waals surface area contributed by atoms with E-state index in [-0.39, 0.29) is 12.5 Å². The Hall–Kier alpha value is -2.86. The second kappa shape index (κ2) is 8.30. The van der Waals surface area contributed by atoms with Crippen LogP contribution >= 0.6 is 0 Å². The molecule has 2 aromatic carbocycles. The van der Waals surface area contributed by atoms with Crippen LogP contribution in [0.1, 0.15) is 10.4 Å². The van der Waals surface area contributed by atoms with Crippen molar-refractivity contribution in [3.05, 3.63) is 60.2 Å². The molecule has 0 bridgehead atoms. The van der Waals surface area contributed by atoms with Gasteiger partial charge in [-0.25, -0.2) is 4.79 Å². The molecular weight excluding hydrogens is 320 g/mol. The van der Waals surface area contributed by atoms with Crippen LogP contribution < -0.4 is 10.2 Å². The third kappa shape index (κ3) is 4.81. The topological polar surface area (TPSA) is 67.9 Å². The van der Waals surface area contributed by atoms with Crippen LogP contribution in [0.15, 0.2) is 54.6 Å². The van der Waals surface area contributed by atoms with E-state index in [1.165, 1.54) is 0 Å². The number of hydrogen-bond acceptors (Lipinski definition) is 5. The summed E-state index contributed by atoms with van der Waals surface area (Å²) in [5.41, 5.74) is 2.18. The Morgan fingerprint density at radius 2 is 1.68 bits per heavy atom. The van der Waals surface area contributed by atoms with Gasteiger partial charge in [0.25, 0.3) is 5.91 Å². The summed E-state index contributed by atoms with van der Waals surface area (Å²) in [4.78, 5) is 26.0. The average molecular weight is 340 g/mol. The molecule has 25 heavy (non-hydrogen) atoms. The number of amides is 1. The van der Waals surface area contributed by atoms with Crippen LogP contribution in [-0.2, 0) is 14.3 Å². The molecule has 1 N–H and O–H groups in total. The van der Waals surface area contributed by atoms with Crippen LogP contribution in [0, 0.1) is 0 Å². The predicted octanol–water partition coefficient (Wildman–Crippen LogP) is 2.32.